The molecule has 0 bridgehead atoms. The van der Waals surface area contributed by atoms with Crippen LogP contribution in [0.15, 0.2) is 55.1 Å². The largest absolute Gasteiger partial charge is 0.332 e. The number of hydrogen-bond donors (Lipinski definition) is 0. The number of benzene rings is 1. The highest BCUT2D eigenvalue weighted by Gasteiger charge is 2.18. The number of nitrogens with zero attached hydrogens (tertiary/aromatic N) is 4. The van der Waals surface area contributed by atoms with Crippen molar-refractivity contribution in [3.8, 4) is 0 Å². The van der Waals surface area contributed by atoms with Crippen LogP contribution in [0.4, 0.5) is 5.82 Å². The Morgan fingerprint density at radius 1 is 1.08 bits per heavy atom. The summed E-state index contributed by atoms with van der Waals surface area (Å²) in [5.41, 5.74) is 4.85. The van der Waals surface area contributed by atoms with Crippen LogP contribution in [0.25, 0.3) is 0 Å². The molecule has 7 heteroatoms. The summed E-state index contributed by atoms with van der Waals surface area (Å²) in [5.74, 6) is 0.531. The zero-order valence-electron chi connectivity index (χ0n) is 23.7. The summed E-state index contributed by atoms with van der Waals surface area (Å²) in [6.07, 6.45) is 2.99. The zero-order valence-corrected chi connectivity index (χ0v) is 25.3. The Kier molecular flexibility index (Phi) is 13.0. The smallest absolute Gasteiger partial charge is 0.281 e. The van der Waals surface area contributed by atoms with Gasteiger partial charge in [-0.2, -0.15) is 0 Å². The SMILES string of the molecule is CC.CC1=NC(Cn2c(=O)c(C)c(/N=C(/Br)C(C)C)n(C)c2=O)=C(C)CCc2ccccc21.CCC. The molecular weight excluding hydrogens is 516 g/mol. The average Bonchev–Trinajstić information content (AvgIpc) is 2.86. The van der Waals surface area contributed by atoms with E-state index in [1.165, 1.54) is 21.1 Å². The molecule has 0 amide bonds. The third kappa shape index (κ3) is 7.73. The van der Waals surface area contributed by atoms with Crippen molar-refractivity contribution >= 4 is 32.1 Å². The van der Waals surface area contributed by atoms with Gasteiger partial charge in [-0.05, 0) is 66.2 Å². The number of allylic oxidation sites excluding steroid dienone is 2. The highest BCUT2D eigenvalue weighted by Crippen LogP contribution is 2.23. The van der Waals surface area contributed by atoms with Crippen LogP contribution in [0.2, 0.25) is 0 Å². The van der Waals surface area contributed by atoms with E-state index >= 15 is 0 Å². The van der Waals surface area contributed by atoms with Crippen molar-refractivity contribution in [2.75, 3.05) is 0 Å². The maximum Gasteiger partial charge on any atom is 0.332 e. The molecule has 1 aliphatic heterocycles. The van der Waals surface area contributed by atoms with Crippen molar-refractivity contribution < 1.29 is 0 Å². The molecule has 198 valence electrons. The van der Waals surface area contributed by atoms with Gasteiger partial charge in [-0.3, -0.25) is 18.9 Å². The number of aliphatic imine (C=N–C) groups is 2. The van der Waals surface area contributed by atoms with Crippen molar-refractivity contribution in [2.24, 2.45) is 23.0 Å². The number of hydrogen-bond acceptors (Lipinski definition) is 4. The first-order valence-corrected chi connectivity index (χ1v) is 13.7. The summed E-state index contributed by atoms with van der Waals surface area (Å²) in [6, 6.07) is 8.25. The highest BCUT2D eigenvalue weighted by atomic mass is 79.9. The number of rotatable bonds is 4. The van der Waals surface area contributed by atoms with E-state index in [4.69, 9.17) is 4.99 Å². The molecule has 1 aromatic carbocycles. The second-order valence-corrected chi connectivity index (χ2v) is 9.87. The van der Waals surface area contributed by atoms with Crippen LogP contribution >= 0.6 is 15.9 Å². The Hall–Kier alpha value is -2.54. The molecule has 3 rings (SSSR count). The fraction of sp³-hybridized carbons (Fsp3) is 0.517. The Morgan fingerprint density at radius 3 is 2.25 bits per heavy atom. The maximum absolute atomic E-state index is 13.1. The van der Waals surface area contributed by atoms with Gasteiger partial charge in [-0.25, -0.2) is 9.79 Å². The lowest BCUT2D eigenvalue weighted by atomic mass is 9.95. The summed E-state index contributed by atoms with van der Waals surface area (Å²) >= 11 is 3.44. The Bertz CT molecular complexity index is 1210. The van der Waals surface area contributed by atoms with Crippen LogP contribution in [0, 0.1) is 12.8 Å². The summed E-state index contributed by atoms with van der Waals surface area (Å²) in [5, 5.41) is 0. The predicted octanol–water partition coefficient (Wildman–Crippen LogP) is 7.11. The Balaban J connectivity index is 0.00000120. The van der Waals surface area contributed by atoms with Gasteiger partial charge in [-0.15, -0.1) is 0 Å². The summed E-state index contributed by atoms with van der Waals surface area (Å²) in [4.78, 5) is 35.6. The van der Waals surface area contributed by atoms with E-state index < -0.39 is 5.69 Å². The van der Waals surface area contributed by atoms with Gasteiger partial charge < -0.3 is 0 Å². The van der Waals surface area contributed by atoms with E-state index in [9.17, 15) is 9.59 Å². The van der Waals surface area contributed by atoms with Gasteiger partial charge in [0.05, 0.1) is 22.4 Å². The molecule has 0 N–H and O–H groups in total. The molecule has 0 spiro atoms. The minimum atomic E-state index is -0.394. The van der Waals surface area contributed by atoms with E-state index in [-0.39, 0.29) is 18.0 Å². The Morgan fingerprint density at radius 2 is 1.67 bits per heavy atom. The third-order valence-corrected chi connectivity index (χ3v) is 6.80. The fourth-order valence-electron chi connectivity index (χ4n) is 3.67. The molecule has 0 saturated heterocycles. The molecule has 2 aromatic rings. The van der Waals surface area contributed by atoms with E-state index in [0.29, 0.717) is 16.0 Å². The lowest BCUT2D eigenvalue weighted by Gasteiger charge is -2.18. The van der Waals surface area contributed by atoms with Crippen molar-refractivity contribution in [3.05, 3.63) is 73.1 Å². The van der Waals surface area contributed by atoms with E-state index in [0.717, 1.165) is 35.4 Å². The zero-order chi connectivity index (χ0) is 27.6. The first kappa shape index (κ1) is 31.5. The maximum atomic E-state index is 13.1. The molecule has 6 nitrogen and oxygen atoms in total. The minimum absolute atomic E-state index is 0.146. The van der Waals surface area contributed by atoms with Gasteiger partial charge in [0, 0.05) is 18.7 Å². The molecular formula is C29H43BrN4O2. The first-order chi connectivity index (χ1) is 17.0. The number of halogens is 1. The number of aryl methyl sites for hydroxylation is 1. The topological polar surface area (TPSA) is 68.7 Å². The van der Waals surface area contributed by atoms with E-state index in [1.807, 2.05) is 53.7 Å². The van der Waals surface area contributed by atoms with Crippen LogP contribution in [0.5, 0.6) is 0 Å². The minimum Gasteiger partial charge on any atom is -0.281 e. The molecule has 36 heavy (non-hydrogen) atoms. The normalized spacial score (nSPS) is 13.6. The van der Waals surface area contributed by atoms with Gasteiger partial charge in [0.2, 0.25) is 0 Å². The van der Waals surface area contributed by atoms with Crippen molar-refractivity contribution in [1.82, 2.24) is 9.13 Å². The van der Waals surface area contributed by atoms with Crippen molar-refractivity contribution in [2.45, 2.75) is 88.1 Å². The molecule has 1 aromatic heterocycles. The fourth-order valence-corrected chi connectivity index (χ4v) is 3.84. The lowest BCUT2D eigenvalue weighted by Crippen LogP contribution is -2.40. The Labute approximate surface area is 225 Å². The van der Waals surface area contributed by atoms with Gasteiger partial charge in [0.1, 0.15) is 5.82 Å². The van der Waals surface area contributed by atoms with Gasteiger partial charge in [-0.1, -0.05) is 72.2 Å². The first-order valence-electron chi connectivity index (χ1n) is 12.9. The molecule has 0 radical (unpaired) electrons. The van der Waals surface area contributed by atoms with Crippen LogP contribution in [0.3, 0.4) is 0 Å². The van der Waals surface area contributed by atoms with Gasteiger partial charge in [0.15, 0.2) is 0 Å². The summed E-state index contributed by atoms with van der Waals surface area (Å²) < 4.78 is 3.39. The van der Waals surface area contributed by atoms with Gasteiger partial charge in [0.25, 0.3) is 5.56 Å². The number of aromatic nitrogens is 2. The molecule has 0 fully saturated rings. The van der Waals surface area contributed by atoms with E-state index in [2.05, 4.69) is 46.9 Å². The second kappa shape index (κ2) is 14.9. The number of fused-ring (bicyclic) bond motifs is 1. The summed E-state index contributed by atoms with van der Waals surface area (Å²) in [7, 11) is 1.65. The monoisotopic (exact) mass is 558 g/mol. The molecule has 2 heterocycles. The van der Waals surface area contributed by atoms with Crippen molar-refractivity contribution in [3.63, 3.8) is 0 Å². The summed E-state index contributed by atoms with van der Waals surface area (Å²) in [6.45, 7) is 18.1. The molecule has 0 aliphatic carbocycles. The van der Waals surface area contributed by atoms with Crippen LogP contribution in [-0.4, -0.2) is 19.5 Å². The molecule has 1 aliphatic rings. The molecule has 0 atom stereocenters. The molecule has 0 unspecified atom stereocenters. The van der Waals surface area contributed by atoms with Crippen LogP contribution in [-0.2, 0) is 20.0 Å². The van der Waals surface area contributed by atoms with Crippen LogP contribution in [0.1, 0.15) is 84.9 Å². The quantitative estimate of drug-likeness (QED) is 0.375. The average molecular weight is 560 g/mol. The molecule has 0 saturated carbocycles. The third-order valence-electron chi connectivity index (χ3n) is 5.71. The predicted molar refractivity (Wildman–Crippen MR) is 159 cm³/mol. The highest BCUT2D eigenvalue weighted by molar-refractivity contribution is 9.18. The standard InChI is InChI=1S/C24H29BrN4O2.C3H8.C2H6/c1-14(2)21(25)27-22-16(4)23(30)29(24(31)28(22)6)13-20-15(3)11-12-18-9-7-8-10-19(18)17(5)26-20;1-3-2;1-2/h7-10,14H,11-13H2,1-6H3;3H2,1-2H3;1-2H3/b20-15?,26-17?,27-21+;;. The van der Waals surface area contributed by atoms with Crippen LogP contribution < -0.4 is 11.2 Å². The second-order valence-electron chi connectivity index (χ2n) is 9.06. The van der Waals surface area contributed by atoms with Crippen molar-refractivity contribution in [1.29, 1.82) is 0 Å². The van der Waals surface area contributed by atoms with Gasteiger partial charge >= 0.3 is 5.69 Å². The lowest BCUT2D eigenvalue weighted by molar-refractivity contribution is 0.621. The van der Waals surface area contributed by atoms with E-state index in [1.54, 1.807) is 14.0 Å².